The molecule has 0 aliphatic heterocycles. The monoisotopic (exact) mass is 589 g/mol. The molecule has 3 N–H and O–H groups in total. The number of alkyl halides is 3. The second kappa shape index (κ2) is 13.7. The number of thioether (sulfide) groups is 1. The lowest BCUT2D eigenvalue weighted by Gasteiger charge is -2.14. The Labute approximate surface area is 245 Å². The van der Waals surface area contributed by atoms with E-state index in [1.54, 1.807) is 60.7 Å². The van der Waals surface area contributed by atoms with Crippen LogP contribution in [0.5, 0.6) is 0 Å². The Morgan fingerprint density at radius 3 is 2.24 bits per heavy atom. The van der Waals surface area contributed by atoms with Crippen molar-refractivity contribution in [1.82, 2.24) is 5.32 Å². The largest absolute Gasteiger partial charge is 0.418 e. The molecule has 0 spiro atoms. The van der Waals surface area contributed by atoms with Crippen LogP contribution in [0.15, 0.2) is 114 Å². The van der Waals surface area contributed by atoms with E-state index in [0.29, 0.717) is 16.1 Å². The van der Waals surface area contributed by atoms with Gasteiger partial charge in [-0.3, -0.25) is 14.4 Å². The summed E-state index contributed by atoms with van der Waals surface area (Å²) in [4.78, 5) is 39.2. The number of nitrogens with one attached hydrogen (secondary N) is 3. The van der Waals surface area contributed by atoms with Crippen LogP contribution in [-0.2, 0) is 15.8 Å². The molecule has 0 saturated heterocycles. The third kappa shape index (κ3) is 8.34. The highest BCUT2D eigenvalue weighted by molar-refractivity contribution is 8.00. The molecular formula is C32H26F3N3O3S. The Balaban J connectivity index is 1.46. The normalized spacial score (nSPS) is 11.5. The van der Waals surface area contributed by atoms with Gasteiger partial charge in [0.1, 0.15) is 5.70 Å². The van der Waals surface area contributed by atoms with Gasteiger partial charge in [0.25, 0.3) is 11.8 Å². The first kappa shape index (κ1) is 30.1. The molecule has 4 aromatic rings. The zero-order valence-electron chi connectivity index (χ0n) is 22.4. The quantitative estimate of drug-likeness (QED) is 0.143. The van der Waals surface area contributed by atoms with Crippen molar-refractivity contribution in [3.63, 3.8) is 0 Å². The molecule has 0 aromatic heterocycles. The standard InChI is InChI=1S/C32H26F3N3O3S/c1-21-10-5-6-13-23(21)18-28(38-30(40)22-11-3-2-4-12-22)31(41)36-24-14-9-15-25(19-24)42-20-29(39)37-27-17-8-7-16-26(27)32(33,34)35/h2-19H,20H2,1H3,(H,36,41)(H,37,39)(H,38,40)/b28-18-. The number of carbonyl (C=O) groups is 3. The second-order valence-electron chi connectivity index (χ2n) is 9.10. The van der Waals surface area contributed by atoms with E-state index < -0.39 is 29.5 Å². The molecule has 0 aliphatic rings. The van der Waals surface area contributed by atoms with Crippen LogP contribution in [0.3, 0.4) is 0 Å². The number of amides is 3. The molecule has 0 aliphatic carbocycles. The minimum Gasteiger partial charge on any atom is -0.325 e. The van der Waals surface area contributed by atoms with Crippen LogP contribution in [0.2, 0.25) is 0 Å². The minimum absolute atomic E-state index is 0.0268. The minimum atomic E-state index is -4.60. The Hall–Kier alpha value is -4.83. The van der Waals surface area contributed by atoms with Crippen molar-refractivity contribution in [3.8, 4) is 0 Å². The number of halogens is 3. The van der Waals surface area contributed by atoms with Gasteiger partial charge >= 0.3 is 6.18 Å². The molecule has 0 radical (unpaired) electrons. The maximum Gasteiger partial charge on any atom is 0.418 e. The molecule has 0 saturated carbocycles. The lowest BCUT2D eigenvalue weighted by atomic mass is 10.1. The third-order valence-electron chi connectivity index (χ3n) is 5.99. The topological polar surface area (TPSA) is 87.3 Å². The van der Waals surface area contributed by atoms with Gasteiger partial charge < -0.3 is 16.0 Å². The number of hydrogen-bond acceptors (Lipinski definition) is 4. The summed E-state index contributed by atoms with van der Waals surface area (Å²) in [6.45, 7) is 1.89. The summed E-state index contributed by atoms with van der Waals surface area (Å²) in [5, 5.41) is 7.77. The molecule has 0 fully saturated rings. The van der Waals surface area contributed by atoms with Crippen LogP contribution >= 0.6 is 11.8 Å². The summed E-state index contributed by atoms with van der Waals surface area (Å²) in [5.41, 5.74) is 1.22. The molecule has 214 valence electrons. The average molecular weight is 590 g/mol. The summed E-state index contributed by atoms with van der Waals surface area (Å²) >= 11 is 1.09. The molecule has 0 atom stereocenters. The SMILES string of the molecule is Cc1ccccc1/C=C(\NC(=O)c1ccccc1)C(=O)Nc1cccc(SCC(=O)Nc2ccccc2C(F)(F)F)c1. The number of benzene rings is 4. The van der Waals surface area contributed by atoms with Gasteiger partial charge in [-0.05, 0) is 66.6 Å². The highest BCUT2D eigenvalue weighted by atomic mass is 32.2. The third-order valence-corrected chi connectivity index (χ3v) is 6.98. The number of carbonyl (C=O) groups excluding carboxylic acids is 3. The van der Waals surface area contributed by atoms with E-state index in [4.69, 9.17) is 0 Å². The van der Waals surface area contributed by atoms with Gasteiger partial charge in [0, 0.05) is 16.1 Å². The molecule has 10 heteroatoms. The molecule has 0 unspecified atom stereocenters. The van der Waals surface area contributed by atoms with Crippen molar-refractivity contribution < 1.29 is 27.6 Å². The van der Waals surface area contributed by atoms with Gasteiger partial charge in [-0.2, -0.15) is 13.2 Å². The summed E-state index contributed by atoms with van der Waals surface area (Å²) < 4.78 is 39.7. The summed E-state index contributed by atoms with van der Waals surface area (Å²) in [5.74, 6) is -1.78. The first-order chi connectivity index (χ1) is 20.1. The van der Waals surface area contributed by atoms with E-state index in [1.807, 2.05) is 31.2 Å². The van der Waals surface area contributed by atoms with E-state index in [-0.39, 0.29) is 17.1 Å². The van der Waals surface area contributed by atoms with Gasteiger partial charge in [-0.25, -0.2) is 0 Å². The van der Waals surface area contributed by atoms with Crippen LogP contribution in [0.1, 0.15) is 27.0 Å². The summed E-state index contributed by atoms with van der Waals surface area (Å²) in [7, 11) is 0. The van der Waals surface area contributed by atoms with Crippen molar-refractivity contribution >= 4 is 46.9 Å². The number of hydrogen-bond donors (Lipinski definition) is 3. The Morgan fingerprint density at radius 2 is 1.50 bits per heavy atom. The Bertz CT molecular complexity index is 1620. The Kier molecular flexibility index (Phi) is 9.82. The molecule has 0 heterocycles. The molecule has 0 bridgehead atoms. The van der Waals surface area contributed by atoms with Crippen LogP contribution < -0.4 is 16.0 Å². The number of para-hydroxylation sites is 1. The first-order valence-corrected chi connectivity index (χ1v) is 13.7. The highest BCUT2D eigenvalue weighted by Crippen LogP contribution is 2.34. The number of aryl methyl sites for hydroxylation is 1. The van der Waals surface area contributed by atoms with Crippen LogP contribution in [0.25, 0.3) is 6.08 Å². The number of rotatable bonds is 9. The van der Waals surface area contributed by atoms with Gasteiger partial charge in [0.15, 0.2) is 0 Å². The smallest absolute Gasteiger partial charge is 0.325 e. The lowest BCUT2D eigenvalue weighted by Crippen LogP contribution is -2.30. The fourth-order valence-electron chi connectivity index (χ4n) is 3.88. The molecular weight excluding hydrogens is 563 g/mol. The van der Waals surface area contributed by atoms with E-state index in [0.717, 1.165) is 29.0 Å². The molecule has 42 heavy (non-hydrogen) atoms. The lowest BCUT2D eigenvalue weighted by molar-refractivity contribution is -0.137. The maximum atomic E-state index is 13.3. The van der Waals surface area contributed by atoms with Gasteiger partial charge in [0.05, 0.1) is 17.0 Å². The first-order valence-electron chi connectivity index (χ1n) is 12.7. The predicted molar refractivity (Wildman–Crippen MR) is 159 cm³/mol. The molecule has 6 nitrogen and oxygen atoms in total. The maximum absolute atomic E-state index is 13.3. The van der Waals surface area contributed by atoms with Crippen molar-refractivity contribution in [2.75, 3.05) is 16.4 Å². The van der Waals surface area contributed by atoms with Gasteiger partial charge in [-0.1, -0.05) is 60.7 Å². The van der Waals surface area contributed by atoms with Crippen molar-refractivity contribution in [1.29, 1.82) is 0 Å². The zero-order valence-corrected chi connectivity index (χ0v) is 23.2. The van der Waals surface area contributed by atoms with E-state index in [1.165, 1.54) is 18.2 Å². The van der Waals surface area contributed by atoms with E-state index in [9.17, 15) is 27.6 Å². The second-order valence-corrected chi connectivity index (χ2v) is 10.1. The Morgan fingerprint density at radius 1 is 0.810 bits per heavy atom. The predicted octanol–water partition coefficient (Wildman–Crippen LogP) is 7.15. The van der Waals surface area contributed by atoms with Crippen molar-refractivity contribution in [2.24, 2.45) is 0 Å². The van der Waals surface area contributed by atoms with Crippen molar-refractivity contribution in [3.05, 3.63) is 131 Å². The van der Waals surface area contributed by atoms with Crippen LogP contribution in [-0.4, -0.2) is 23.5 Å². The summed E-state index contributed by atoms with van der Waals surface area (Å²) in [6.07, 6.45) is -3.01. The fourth-order valence-corrected chi connectivity index (χ4v) is 4.64. The van der Waals surface area contributed by atoms with Gasteiger partial charge in [-0.15, -0.1) is 11.8 Å². The van der Waals surface area contributed by atoms with E-state index in [2.05, 4.69) is 16.0 Å². The van der Waals surface area contributed by atoms with Crippen molar-refractivity contribution in [2.45, 2.75) is 18.0 Å². The van der Waals surface area contributed by atoms with Crippen LogP contribution in [0.4, 0.5) is 24.5 Å². The molecule has 3 amide bonds. The van der Waals surface area contributed by atoms with Crippen LogP contribution in [0, 0.1) is 6.92 Å². The number of anilines is 2. The average Bonchev–Trinajstić information content (AvgIpc) is 2.97. The summed E-state index contributed by atoms with van der Waals surface area (Å²) in [6, 6.07) is 27.3. The van der Waals surface area contributed by atoms with E-state index >= 15 is 0 Å². The fraction of sp³-hybridized carbons (Fsp3) is 0.0938. The highest BCUT2D eigenvalue weighted by Gasteiger charge is 2.33. The zero-order chi connectivity index (χ0) is 30.1. The van der Waals surface area contributed by atoms with Gasteiger partial charge in [0.2, 0.25) is 5.91 Å². The molecule has 4 rings (SSSR count). The molecule has 4 aromatic carbocycles.